The zero-order valence-corrected chi connectivity index (χ0v) is 9.82. The molecule has 90 valence electrons. The Morgan fingerprint density at radius 3 is 2.50 bits per heavy atom. The fourth-order valence-corrected chi connectivity index (χ4v) is 1.67. The molecule has 0 bridgehead atoms. The zero-order chi connectivity index (χ0) is 11.8. The van der Waals surface area contributed by atoms with Crippen molar-refractivity contribution in [1.82, 2.24) is 5.32 Å². The van der Waals surface area contributed by atoms with E-state index >= 15 is 0 Å². The minimum absolute atomic E-state index is 0.0862. The van der Waals surface area contributed by atoms with E-state index in [9.17, 15) is 0 Å². The van der Waals surface area contributed by atoms with Crippen LogP contribution in [-0.4, -0.2) is 22.9 Å². The Kier molecular flexibility index (Phi) is 6.08. The molecular formula is C13H21NO2. The number of aliphatic hydroxyl groups is 2. The highest BCUT2D eigenvalue weighted by Gasteiger charge is 2.03. The van der Waals surface area contributed by atoms with Crippen molar-refractivity contribution in [2.75, 3.05) is 6.61 Å². The maximum Gasteiger partial charge on any atom is 0.0685 e. The van der Waals surface area contributed by atoms with Gasteiger partial charge in [-0.05, 0) is 30.9 Å². The van der Waals surface area contributed by atoms with Gasteiger partial charge in [-0.3, -0.25) is 0 Å². The van der Waals surface area contributed by atoms with Gasteiger partial charge in [0.25, 0.3) is 0 Å². The molecule has 1 atom stereocenters. The Morgan fingerprint density at radius 1 is 1.19 bits per heavy atom. The molecule has 0 aliphatic carbocycles. The van der Waals surface area contributed by atoms with Crippen LogP contribution in [0.3, 0.4) is 0 Å². The first-order valence-corrected chi connectivity index (χ1v) is 5.79. The minimum Gasteiger partial charge on any atom is -0.396 e. The number of hydrogen-bond acceptors (Lipinski definition) is 3. The largest absolute Gasteiger partial charge is 0.396 e. The van der Waals surface area contributed by atoms with Crippen LogP contribution in [0.25, 0.3) is 0 Å². The molecule has 3 nitrogen and oxygen atoms in total. The molecule has 0 spiro atoms. The molecule has 3 heteroatoms. The quantitative estimate of drug-likeness (QED) is 0.655. The smallest absolute Gasteiger partial charge is 0.0685 e. The topological polar surface area (TPSA) is 52.5 Å². The molecule has 0 aromatic heterocycles. The molecule has 0 fully saturated rings. The van der Waals surface area contributed by atoms with Crippen LogP contribution in [0.4, 0.5) is 0 Å². The van der Waals surface area contributed by atoms with E-state index in [4.69, 9.17) is 10.2 Å². The van der Waals surface area contributed by atoms with Crippen LogP contribution in [0, 0.1) is 0 Å². The lowest BCUT2D eigenvalue weighted by Crippen LogP contribution is -2.26. The number of rotatable bonds is 7. The molecule has 16 heavy (non-hydrogen) atoms. The van der Waals surface area contributed by atoms with E-state index in [-0.39, 0.29) is 13.2 Å². The molecule has 0 saturated heterocycles. The lowest BCUT2D eigenvalue weighted by molar-refractivity contribution is 0.275. The maximum atomic E-state index is 9.16. The van der Waals surface area contributed by atoms with Gasteiger partial charge in [-0.2, -0.15) is 0 Å². The molecule has 3 N–H and O–H groups in total. The lowest BCUT2D eigenvalue weighted by Gasteiger charge is -2.14. The van der Waals surface area contributed by atoms with Crippen LogP contribution in [0.1, 0.15) is 30.9 Å². The van der Waals surface area contributed by atoms with Crippen molar-refractivity contribution < 1.29 is 10.2 Å². The highest BCUT2D eigenvalue weighted by atomic mass is 16.3. The SMILES string of the molecule is CC(CCCO)NCc1ccccc1CO. The van der Waals surface area contributed by atoms with Gasteiger partial charge in [0, 0.05) is 19.2 Å². The van der Waals surface area contributed by atoms with E-state index < -0.39 is 0 Å². The number of nitrogens with one attached hydrogen (secondary N) is 1. The summed E-state index contributed by atoms with van der Waals surface area (Å²) < 4.78 is 0. The fraction of sp³-hybridized carbons (Fsp3) is 0.538. The van der Waals surface area contributed by atoms with Gasteiger partial charge in [-0.1, -0.05) is 24.3 Å². The van der Waals surface area contributed by atoms with E-state index in [1.807, 2.05) is 24.3 Å². The molecular weight excluding hydrogens is 202 g/mol. The van der Waals surface area contributed by atoms with Crippen LogP contribution in [0.15, 0.2) is 24.3 Å². The first-order valence-electron chi connectivity index (χ1n) is 5.79. The lowest BCUT2D eigenvalue weighted by atomic mass is 10.1. The highest BCUT2D eigenvalue weighted by molar-refractivity contribution is 5.26. The third-order valence-corrected chi connectivity index (χ3v) is 2.72. The standard InChI is InChI=1S/C13H21NO2/c1-11(5-4-8-15)14-9-12-6-2-3-7-13(12)10-16/h2-3,6-7,11,14-16H,4-5,8-10H2,1H3. The molecule has 0 saturated carbocycles. The number of benzene rings is 1. The summed E-state index contributed by atoms with van der Waals surface area (Å²) in [6.45, 7) is 3.21. The van der Waals surface area contributed by atoms with Gasteiger partial charge in [-0.15, -0.1) is 0 Å². The van der Waals surface area contributed by atoms with Crippen molar-refractivity contribution in [3.8, 4) is 0 Å². The Morgan fingerprint density at radius 2 is 1.88 bits per heavy atom. The average molecular weight is 223 g/mol. The number of hydrogen-bond donors (Lipinski definition) is 3. The summed E-state index contributed by atoms with van der Waals surface area (Å²) in [5.41, 5.74) is 2.12. The average Bonchev–Trinajstić information content (AvgIpc) is 2.34. The van der Waals surface area contributed by atoms with Gasteiger partial charge < -0.3 is 15.5 Å². The van der Waals surface area contributed by atoms with Gasteiger partial charge in [0.05, 0.1) is 6.61 Å². The molecule has 1 aromatic rings. The van der Waals surface area contributed by atoms with Gasteiger partial charge >= 0.3 is 0 Å². The second-order valence-electron chi connectivity index (χ2n) is 4.07. The van der Waals surface area contributed by atoms with Crippen molar-refractivity contribution in [2.24, 2.45) is 0 Å². The molecule has 0 heterocycles. The minimum atomic E-state index is 0.0862. The second-order valence-corrected chi connectivity index (χ2v) is 4.07. The van der Waals surface area contributed by atoms with Crippen molar-refractivity contribution >= 4 is 0 Å². The first kappa shape index (κ1) is 13.2. The Balaban J connectivity index is 2.41. The summed E-state index contributed by atoms with van der Waals surface area (Å²) in [5, 5.41) is 21.3. The van der Waals surface area contributed by atoms with Gasteiger partial charge in [-0.25, -0.2) is 0 Å². The van der Waals surface area contributed by atoms with Crippen molar-refractivity contribution in [3.63, 3.8) is 0 Å². The molecule has 1 rings (SSSR count). The van der Waals surface area contributed by atoms with Crippen LogP contribution in [0.2, 0.25) is 0 Å². The Bertz CT molecular complexity index is 302. The first-order chi connectivity index (χ1) is 7.77. The van der Waals surface area contributed by atoms with E-state index in [0.29, 0.717) is 6.04 Å². The van der Waals surface area contributed by atoms with E-state index in [1.54, 1.807) is 0 Å². The van der Waals surface area contributed by atoms with Crippen LogP contribution in [-0.2, 0) is 13.2 Å². The van der Waals surface area contributed by atoms with Crippen molar-refractivity contribution in [2.45, 2.75) is 39.0 Å². The summed E-state index contributed by atoms with van der Waals surface area (Å²) >= 11 is 0. The van der Waals surface area contributed by atoms with Crippen LogP contribution < -0.4 is 5.32 Å². The Hall–Kier alpha value is -0.900. The van der Waals surface area contributed by atoms with Crippen LogP contribution >= 0.6 is 0 Å². The third-order valence-electron chi connectivity index (χ3n) is 2.72. The third kappa shape index (κ3) is 4.31. The predicted molar refractivity (Wildman–Crippen MR) is 65.0 cm³/mol. The fourth-order valence-electron chi connectivity index (χ4n) is 1.67. The van der Waals surface area contributed by atoms with Crippen molar-refractivity contribution in [3.05, 3.63) is 35.4 Å². The maximum absolute atomic E-state index is 9.16. The summed E-state index contributed by atoms with van der Waals surface area (Å²) in [6, 6.07) is 8.27. The number of aliphatic hydroxyl groups excluding tert-OH is 2. The van der Waals surface area contributed by atoms with E-state index in [2.05, 4.69) is 12.2 Å². The monoisotopic (exact) mass is 223 g/mol. The van der Waals surface area contributed by atoms with Gasteiger partial charge in [0.15, 0.2) is 0 Å². The zero-order valence-electron chi connectivity index (χ0n) is 9.82. The summed E-state index contributed by atoms with van der Waals surface area (Å²) in [7, 11) is 0. The Labute approximate surface area is 97.1 Å². The van der Waals surface area contributed by atoms with Crippen molar-refractivity contribution in [1.29, 1.82) is 0 Å². The normalized spacial score (nSPS) is 12.7. The molecule has 1 aromatic carbocycles. The molecule has 0 aliphatic rings. The molecule has 0 amide bonds. The van der Waals surface area contributed by atoms with Gasteiger partial charge in [0.1, 0.15) is 0 Å². The molecule has 0 radical (unpaired) electrons. The summed E-state index contributed by atoms with van der Waals surface area (Å²) in [6.07, 6.45) is 1.80. The molecule has 1 unspecified atom stereocenters. The molecule has 0 aliphatic heterocycles. The van der Waals surface area contributed by atoms with Gasteiger partial charge in [0.2, 0.25) is 0 Å². The highest BCUT2D eigenvalue weighted by Crippen LogP contribution is 2.09. The van der Waals surface area contributed by atoms with Crippen LogP contribution in [0.5, 0.6) is 0 Å². The summed E-state index contributed by atoms with van der Waals surface area (Å²) in [4.78, 5) is 0. The van der Waals surface area contributed by atoms with E-state index in [1.165, 1.54) is 0 Å². The summed E-state index contributed by atoms with van der Waals surface area (Å²) in [5.74, 6) is 0. The predicted octanol–water partition coefficient (Wildman–Crippen LogP) is 1.43. The van der Waals surface area contributed by atoms with E-state index in [0.717, 1.165) is 30.5 Å². The second kappa shape index (κ2) is 7.39.